The molecule has 2 fully saturated rings. The van der Waals surface area contributed by atoms with Gasteiger partial charge < -0.3 is 10.0 Å². The number of rotatable bonds is 4. The van der Waals surface area contributed by atoms with Crippen molar-refractivity contribution < 1.29 is 14.7 Å². The quantitative estimate of drug-likeness (QED) is 0.806. The minimum atomic E-state index is -0.754. The van der Waals surface area contributed by atoms with Crippen molar-refractivity contribution >= 4 is 12.0 Å². The van der Waals surface area contributed by atoms with Crippen LogP contribution < -0.4 is 5.43 Å². The van der Waals surface area contributed by atoms with E-state index in [1.54, 1.807) is 4.90 Å². The molecule has 0 aromatic heterocycles. The zero-order valence-corrected chi connectivity index (χ0v) is 11.3. The molecule has 0 aromatic rings. The molecule has 6 heteroatoms. The van der Waals surface area contributed by atoms with Crippen molar-refractivity contribution in [2.24, 2.45) is 5.92 Å². The Morgan fingerprint density at radius 3 is 2.58 bits per heavy atom. The number of hydrogen-bond donors (Lipinski definition) is 2. The Hall–Kier alpha value is -1.30. The maximum absolute atomic E-state index is 12.1. The SMILES string of the molecule is O=C(O)CCC1CCN(C(=O)NN2CCCCC2)C1. The number of piperidine rings is 1. The van der Waals surface area contributed by atoms with E-state index in [0.29, 0.717) is 18.9 Å². The van der Waals surface area contributed by atoms with Gasteiger partial charge in [0, 0.05) is 32.6 Å². The number of hydrazine groups is 1. The number of amides is 2. The molecule has 6 nitrogen and oxygen atoms in total. The van der Waals surface area contributed by atoms with Gasteiger partial charge >= 0.3 is 12.0 Å². The summed E-state index contributed by atoms with van der Waals surface area (Å²) in [7, 11) is 0. The third-order valence-electron chi connectivity index (χ3n) is 3.95. The Morgan fingerprint density at radius 2 is 1.89 bits per heavy atom. The van der Waals surface area contributed by atoms with Gasteiger partial charge in [-0.1, -0.05) is 6.42 Å². The lowest BCUT2D eigenvalue weighted by Crippen LogP contribution is -2.50. The lowest BCUT2D eigenvalue weighted by molar-refractivity contribution is -0.137. The number of carboxylic acid groups (broad SMARTS) is 1. The first-order chi connectivity index (χ1) is 9.15. The summed E-state index contributed by atoms with van der Waals surface area (Å²) in [6, 6.07) is -0.0280. The van der Waals surface area contributed by atoms with Crippen LogP contribution >= 0.6 is 0 Å². The van der Waals surface area contributed by atoms with E-state index in [1.165, 1.54) is 6.42 Å². The predicted octanol–water partition coefficient (Wildman–Crippen LogP) is 1.28. The Kier molecular flexibility index (Phi) is 5.01. The molecule has 0 radical (unpaired) electrons. The van der Waals surface area contributed by atoms with E-state index in [-0.39, 0.29) is 12.5 Å². The summed E-state index contributed by atoms with van der Waals surface area (Å²) in [6.45, 7) is 3.29. The summed E-state index contributed by atoms with van der Waals surface area (Å²) in [5, 5.41) is 10.7. The van der Waals surface area contributed by atoms with E-state index in [1.807, 2.05) is 5.01 Å². The first-order valence-electron chi connectivity index (χ1n) is 7.17. The summed E-state index contributed by atoms with van der Waals surface area (Å²) in [5.41, 5.74) is 2.95. The number of nitrogens with one attached hydrogen (secondary N) is 1. The van der Waals surface area contributed by atoms with E-state index >= 15 is 0 Å². The van der Waals surface area contributed by atoms with Crippen LogP contribution in [0.4, 0.5) is 4.79 Å². The van der Waals surface area contributed by atoms with Crippen LogP contribution in [-0.4, -0.2) is 53.2 Å². The third kappa shape index (κ3) is 4.38. The number of carbonyl (C=O) groups is 2. The highest BCUT2D eigenvalue weighted by atomic mass is 16.4. The van der Waals surface area contributed by atoms with Crippen LogP contribution in [0.15, 0.2) is 0 Å². The van der Waals surface area contributed by atoms with Crippen LogP contribution in [0.25, 0.3) is 0 Å². The molecule has 0 saturated carbocycles. The van der Waals surface area contributed by atoms with Crippen molar-refractivity contribution in [3.8, 4) is 0 Å². The molecule has 1 unspecified atom stereocenters. The second-order valence-corrected chi connectivity index (χ2v) is 5.50. The molecule has 0 aliphatic carbocycles. The van der Waals surface area contributed by atoms with Gasteiger partial charge in [-0.05, 0) is 31.6 Å². The van der Waals surface area contributed by atoms with Gasteiger partial charge in [-0.3, -0.25) is 10.2 Å². The molecular weight excluding hydrogens is 246 g/mol. The predicted molar refractivity (Wildman–Crippen MR) is 70.5 cm³/mol. The van der Waals surface area contributed by atoms with Crippen molar-refractivity contribution in [1.29, 1.82) is 0 Å². The molecule has 2 heterocycles. The molecule has 2 aliphatic heterocycles. The van der Waals surface area contributed by atoms with Gasteiger partial charge in [0.05, 0.1) is 0 Å². The average molecular weight is 269 g/mol. The fourth-order valence-corrected chi connectivity index (χ4v) is 2.79. The molecule has 2 saturated heterocycles. The molecule has 0 spiro atoms. The number of urea groups is 1. The van der Waals surface area contributed by atoms with Crippen molar-refractivity contribution in [2.75, 3.05) is 26.2 Å². The van der Waals surface area contributed by atoms with Crippen molar-refractivity contribution in [1.82, 2.24) is 15.3 Å². The van der Waals surface area contributed by atoms with Crippen molar-refractivity contribution in [3.05, 3.63) is 0 Å². The molecular formula is C13H23N3O3. The molecule has 1 atom stereocenters. The fraction of sp³-hybridized carbons (Fsp3) is 0.846. The molecule has 2 rings (SSSR count). The lowest BCUT2D eigenvalue weighted by atomic mass is 10.0. The van der Waals surface area contributed by atoms with Gasteiger partial charge in [0.1, 0.15) is 0 Å². The van der Waals surface area contributed by atoms with E-state index in [0.717, 1.165) is 38.9 Å². The first kappa shape index (κ1) is 14.1. The highest BCUT2D eigenvalue weighted by Crippen LogP contribution is 2.21. The van der Waals surface area contributed by atoms with Crippen LogP contribution in [0.2, 0.25) is 0 Å². The van der Waals surface area contributed by atoms with Crippen molar-refractivity contribution in [2.45, 2.75) is 38.5 Å². The van der Waals surface area contributed by atoms with E-state index in [4.69, 9.17) is 5.11 Å². The summed E-state index contributed by atoms with van der Waals surface area (Å²) >= 11 is 0. The molecule has 0 bridgehead atoms. The second kappa shape index (κ2) is 6.75. The average Bonchev–Trinajstić information content (AvgIpc) is 2.86. The molecule has 19 heavy (non-hydrogen) atoms. The molecule has 2 aliphatic rings. The van der Waals surface area contributed by atoms with Gasteiger partial charge in [0.15, 0.2) is 0 Å². The molecule has 0 aromatic carbocycles. The first-order valence-corrected chi connectivity index (χ1v) is 7.17. The lowest BCUT2D eigenvalue weighted by Gasteiger charge is -2.29. The van der Waals surface area contributed by atoms with Crippen LogP contribution in [0.1, 0.15) is 38.5 Å². The number of aliphatic carboxylic acids is 1. The van der Waals surface area contributed by atoms with Gasteiger partial charge in [-0.25, -0.2) is 9.80 Å². The second-order valence-electron chi connectivity index (χ2n) is 5.50. The summed E-state index contributed by atoms with van der Waals surface area (Å²) < 4.78 is 0. The third-order valence-corrected chi connectivity index (χ3v) is 3.95. The van der Waals surface area contributed by atoms with Gasteiger partial charge in [0.25, 0.3) is 0 Å². The fourth-order valence-electron chi connectivity index (χ4n) is 2.79. The number of carbonyl (C=O) groups excluding carboxylic acids is 1. The molecule has 2 N–H and O–H groups in total. The van der Waals surface area contributed by atoms with Crippen LogP contribution in [0, 0.1) is 5.92 Å². The monoisotopic (exact) mass is 269 g/mol. The smallest absolute Gasteiger partial charge is 0.331 e. The van der Waals surface area contributed by atoms with Crippen LogP contribution in [0.3, 0.4) is 0 Å². The minimum Gasteiger partial charge on any atom is -0.481 e. The number of nitrogens with zero attached hydrogens (tertiary/aromatic N) is 2. The van der Waals surface area contributed by atoms with E-state index in [9.17, 15) is 9.59 Å². The molecule has 2 amide bonds. The van der Waals surface area contributed by atoms with E-state index < -0.39 is 5.97 Å². The number of carboxylic acids is 1. The highest BCUT2D eigenvalue weighted by molar-refractivity contribution is 5.74. The zero-order chi connectivity index (χ0) is 13.7. The summed E-state index contributed by atoms with van der Waals surface area (Å²) in [6.07, 6.45) is 5.31. The normalized spacial score (nSPS) is 24.4. The largest absolute Gasteiger partial charge is 0.481 e. The topological polar surface area (TPSA) is 72.9 Å². The van der Waals surface area contributed by atoms with Crippen LogP contribution in [-0.2, 0) is 4.79 Å². The minimum absolute atomic E-state index is 0.0280. The van der Waals surface area contributed by atoms with E-state index in [2.05, 4.69) is 5.43 Å². The van der Waals surface area contributed by atoms with Gasteiger partial charge in [0.2, 0.25) is 0 Å². The van der Waals surface area contributed by atoms with Gasteiger partial charge in [-0.2, -0.15) is 0 Å². The number of likely N-dealkylation sites (tertiary alicyclic amines) is 1. The van der Waals surface area contributed by atoms with Crippen LogP contribution in [0.5, 0.6) is 0 Å². The Labute approximate surface area is 113 Å². The summed E-state index contributed by atoms with van der Waals surface area (Å²) in [4.78, 5) is 24.4. The summed E-state index contributed by atoms with van der Waals surface area (Å²) in [5.74, 6) is -0.417. The van der Waals surface area contributed by atoms with Gasteiger partial charge in [-0.15, -0.1) is 0 Å². The maximum Gasteiger partial charge on any atom is 0.331 e. The Morgan fingerprint density at radius 1 is 1.16 bits per heavy atom. The standard InChI is InChI=1S/C13H23N3O3/c17-12(18)5-4-11-6-9-15(10-11)13(19)14-16-7-2-1-3-8-16/h11H,1-10H2,(H,14,19)(H,17,18). The van der Waals surface area contributed by atoms with Crippen molar-refractivity contribution in [3.63, 3.8) is 0 Å². The maximum atomic E-state index is 12.1. The Balaban J connectivity index is 1.70. The number of hydrogen-bond acceptors (Lipinski definition) is 3. The highest BCUT2D eigenvalue weighted by Gasteiger charge is 2.27. The zero-order valence-electron chi connectivity index (χ0n) is 11.3. The Bertz CT molecular complexity index is 329. The molecule has 108 valence electrons.